The van der Waals surface area contributed by atoms with Gasteiger partial charge in [-0.1, -0.05) is 0 Å². The lowest BCUT2D eigenvalue weighted by atomic mass is 10.1. The van der Waals surface area contributed by atoms with Crippen molar-refractivity contribution >= 4 is 23.0 Å². The van der Waals surface area contributed by atoms with E-state index in [9.17, 15) is 4.79 Å². The van der Waals surface area contributed by atoms with Crippen LogP contribution in [0.15, 0.2) is 30.7 Å². The van der Waals surface area contributed by atoms with Gasteiger partial charge in [0.1, 0.15) is 36.9 Å². The number of nitrogens with zero attached hydrogens (tertiary/aromatic N) is 5. The number of imidazole rings is 1. The van der Waals surface area contributed by atoms with E-state index in [4.69, 9.17) is 29.2 Å². The number of carbonyl (C=O) groups excluding carboxylic acids is 1. The smallest absolute Gasteiger partial charge is 0.302 e. The van der Waals surface area contributed by atoms with Gasteiger partial charge in [0.2, 0.25) is 0 Å². The fourth-order valence-corrected chi connectivity index (χ4v) is 3.49. The maximum absolute atomic E-state index is 10.8. The maximum atomic E-state index is 10.8. The van der Waals surface area contributed by atoms with Gasteiger partial charge >= 0.3 is 5.97 Å². The molecule has 0 amide bonds. The molecule has 0 bridgehead atoms. The molecule has 0 unspecified atom stereocenters. The predicted molar refractivity (Wildman–Crippen MR) is 122 cm³/mol. The van der Waals surface area contributed by atoms with E-state index in [0.29, 0.717) is 67.1 Å². The fourth-order valence-electron chi connectivity index (χ4n) is 3.49. The van der Waals surface area contributed by atoms with Crippen LogP contribution in [0.1, 0.15) is 25.3 Å². The minimum absolute atomic E-state index is 0.209. The first-order valence-electron chi connectivity index (χ1n) is 11.1. The summed E-state index contributed by atoms with van der Waals surface area (Å²) < 4.78 is 23.5. The lowest BCUT2D eigenvalue weighted by Crippen LogP contribution is -2.28. The summed E-state index contributed by atoms with van der Waals surface area (Å²) in [6.45, 7) is 3.89. The Morgan fingerprint density at radius 1 is 1.24 bits per heavy atom. The van der Waals surface area contributed by atoms with Crippen molar-refractivity contribution in [3.05, 3.63) is 36.3 Å². The van der Waals surface area contributed by atoms with Crippen LogP contribution in [-0.2, 0) is 19.0 Å². The van der Waals surface area contributed by atoms with Crippen LogP contribution in [0.4, 0.5) is 5.82 Å². The summed E-state index contributed by atoms with van der Waals surface area (Å²) in [6, 6.07) is 7.57. The highest BCUT2D eigenvalue weighted by atomic mass is 16.6. The molecule has 1 aliphatic heterocycles. The van der Waals surface area contributed by atoms with E-state index >= 15 is 0 Å². The molecular formula is C23H26N6O5. The van der Waals surface area contributed by atoms with Crippen LogP contribution in [0, 0.1) is 11.3 Å². The third-order valence-corrected chi connectivity index (χ3v) is 5.19. The Balaban J connectivity index is 1.52. The first-order valence-corrected chi connectivity index (χ1v) is 11.1. The molecule has 4 heterocycles. The van der Waals surface area contributed by atoms with Crippen molar-refractivity contribution in [1.29, 1.82) is 5.26 Å². The van der Waals surface area contributed by atoms with Gasteiger partial charge in [-0.05, 0) is 25.0 Å². The number of rotatable bonds is 10. The fraction of sp³-hybridized carbons (Fsp3) is 0.435. The number of nitriles is 1. The van der Waals surface area contributed by atoms with Gasteiger partial charge in [-0.2, -0.15) is 5.26 Å². The summed E-state index contributed by atoms with van der Waals surface area (Å²) in [7, 11) is 0. The zero-order valence-corrected chi connectivity index (χ0v) is 18.9. The molecular weight excluding hydrogens is 440 g/mol. The molecule has 3 aromatic heterocycles. The second-order valence-corrected chi connectivity index (χ2v) is 7.64. The third kappa shape index (κ3) is 5.98. The number of hydrogen-bond acceptors (Lipinski definition) is 10. The van der Waals surface area contributed by atoms with Gasteiger partial charge in [-0.15, -0.1) is 0 Å². The van der Waals surface area contributed by atoms with Gasteiger partial charge < -0.3 is 24.3 Å². The third-order valence-electron chi connectivity index (χ3n) is 5.19. The van der Waals surface area contributed by atoms with Crippen LogP contribution in [0.25, 0.3) is 17.0 Å². The summed E-state index contributed by atoms with van der Waals surface area (Å²) >= 11 is 0. The molecule has 11 nitrogen and oxygen atoms in total. The van der Waals surface area contributed by atoms with E-state index in [-0.39, 0.29) is 18.6 Å². The molecule has 34 heavy (non-hydrogen) atoms. The summed E-state index contributed by atoms with van der Waals surface area (Å²) in [6.07, 6.45) is 4.90. The second kappa shape index (κ2) is 11.4. The van der Waals surface area contributed by atoms with Gasteiger partial charge in [-0.25, -0.2) is 15.0 Å². The average molecular weight is 466 g/mol. The zero-order valence-electron chi connectivity index (χ0n) is 18.9. The number of esters is 1. The lowest BCUT2D eigenvalue weighted by Gasteiger charge is -2.24. The van der Waals surface area contributed by atoms with Gasteiger partial charge in [0.15, 0.2) is 17.2 Å². The molecule has 178 valence electrons. The minimum Gasteiger partial charge on any atom is -0.487 e. The normalized spacial score (nSPS) is 14.0. The molecule has 3 aromatic rings. The largest absolute Gasteiger partial charge is 0.487 e. The molecule has 1 saturated heterocycles. The van der Waals surface area contributed by atoms with Gasteiger partial charge in [0.25, 0.3) is 0 Å². The highest BCUT2D eigenvalue weighted by molar-refractivity contribution is 5.78. The molecule has 4 rings (SSSR count). The van der Waals surface area contributed by atoms with E-state index in [1.165, 1.54) is 13.1 Å². The molecule has 0 aromatic carbocycles. The Bertz CT molecular complexity index is 1150. The minimum atomic E-state index is -0.335. The number of fused-ring (bicyclic) bond motifs is 1. The number of pyridine rings is 2. The number of hydrogen-bond donors (Lipinski definition) is 1. The summed E-state index contributed by atoms with van der Waals surface area (Å²) in [4.78, 5) is 24.4. The van der Waals surface area contributed by atoms with Crippen LogP contribution < -0.4 is 10.1 Å². The van der Waals surface area contributed by atoms with Crippen molar-refractivity contribution in [3.63, 3.8) is 0 Å². The van der Waals surface area contributed by atoms with Crippen molar-refractivity contribution in [2.75, 3.05) is 45.0 Å². The van der Waals surface area contributed by atoms with Crippen LogP contribution in [0.5, 0.6) is 5.75 Å². The van der Waals surface area contributed by atoms with Gasteiger partial charge in [-0.3, -0.25) is 9.36 Å². The van der Waals surface area contributed by atoms with Crippen LogP contribution >= 0.6 is 0 Å². The zero-order chi connectivity index (χ0) is 23.8. The molecule has 0 radical (unpaired) electrons. The maximum Gasteiger partial charge on any atom is 0.302 e. The molecule has 0 saturated carbocycles. The first kappa shape index (κ1) is 23.4. The van der Waals surface area contributed by atoms with Crippen molar-refractivity contribution in [3.8, 4) is 17.6 Å². The van der Waals surface area contributed by atoms with Crippen LogP contribution in [-0.4, -0.2) is 71.2 Å². The Labute approximate surface area is 196 Å². The molecule has 0 aliphatic carbocycles. The van der Waals surface area contributed by atoms with Gasteiger partial charge in [0, 0.05) is 38.4 Å². The lowest BCUT2D eigenvalue weighted by molar-refractivity contribution is -0.142. The highest BCUT2D eigenvalue weighted by Gasteiger charge is 2.19. The molecule has 11 heteroatoms. The van der Waals surface area contributed by atoms with Gasteiger partial charge in [0.05, 0.1) is 18.8 Å². The van der Waals surface area contributed by atoms with E-state index < -0.39 is 0 Å². The number of aromatic nitrogens is 4. The predicted octanol–water partition coefficient (Wildman–Crippen LogP) is 2.24. The number of carbonyl (C=O) groups is 1. The molecule has 0 spiro atoms. The van der Waals surface area contributed by atoms with Crippen molar-refractivity contribution in [1.82, 2.24) is 19.5 Å². The van der Waals surface area contributed by atoms with E-state index in [2.05, 4.69) is 21.4 Å². The number of nitrogens with one attached hydrogen (secondary N) is 1. The summed E-state index contributed by atoms with van der Waals surface area (Å²) in [5.41, 5.74) is 1.75. The van der Waals surface area contributed by atoms with Crippen molar-refractivity contribution in [2.45, 2.75) is 25.8 Å². The number of ether oxygens (including phenoxy) is 4. The Morgan fingerprint density at radius 2 is 2.06 bits per heavy atom. The monoisotopic (exact) mass is 466 g/mol. The summed E-state index contributed by atoms with van der Waals surface area (Å²) in [5.74, 6) is 1.45. The van der Waals surface area contributed by atoms with E-state index in [1.54, 1.807) is 23.0 Å². The Kier molecular flexibility index (Phi) is 7.85. The molecule has 1 N–H and O–H groups in total. The first-order chi connectivity index (χ1) is 16.6. The Hall–Kier alpha value is -3.75. The van der Waals surface area contributed by atoms with Crippen molar-refractivity contribution in [2.24, 2.45) is 0 Å². The van der Waals surface area contributed by atoms with Crippen molar-refractivity contribution < 1.29 is 23.7 Å². The topological polar surface area (TPSA) is 133 Å². The van der Waals surface area contributed by atoms with E-state index in [1.807, 2.05) is 6.07 Å². The van der Waals surface area contributed by atoms with E-state index in [0.717, 1.165) is 12.8 Å². The molecule has 1 fully saturated rings. The second-order valence-electron chi connectivity index (χ2n) is 7.64. The summed E-state index contributed by atoms with van der Waals surface area (Å²) in [5, 5.41) is 12.5. The quantitative estimate of drug-likeness (QED) is 0.350. The number of anilines is 1. The van der Waals surface area contributed by atoms with Crippen LogP contribution in [0.2, 0.25) is 0 Å². The molecule has 0 atom stereocenters. The average Bonchev–Trinajstić information content (AvgIpc) is 3.26. The molecule has 1 aliphatic rings. The SMILES string of the molecule is CC(=O)OCCOCCOc1cc2ncn(-c3ccc(C#N)cn3)c2nc1NC1CCOCC1. The highest BCUT2D eigenvalue weighted by Crippen LogP contribution is 2.29. The van der Waals surface area contributed by atoms with Crippen LogP contribution in [0.3, 0.4) is 0 Å². The standard InChI is InChI=1S/C23H26N6O5/c1-16(30)33-10-8-32-9-11-34-20-12-19-23(28-22(20)27-18-4-6-31-7-5-18)29(15-26-19)21-3-2-17(13-24)14-25-21/h2-3,12,14-15,18H,4-11H2,1H3,(H,27,28). The Morgan fingerprint density at radius 3 is 2.79 bits per heavy atom.